The van der Waals surface area contributed by atoms with Crippen LogP contribution in [0.5, 0.6) is 0 Å². The van der Waals surface area contributed by atoms with E-state index in [1.807, 2.05) is 0 Å². The largest absolute Gasteiger partial charge is 0.476 e. The number of nitrogens with zero attached hydrogens (tertiary/aromatic N) is 2. The molecule has 2 aromatic heterocycles. The highest BCUT2D eigenvalue weighted by Gasteiger charge is 2.23. The van der Waals surface area contributed by atoms with Crippen LogP contribution in [-0.2, 0) is 12.8 Å². The average molecular weight is 431 g/mol. The lowest BCUT2D eigenvalue weighted by Gasteiger charge is -2.04. The third-order valence-electron chi connectivity index (χ3n) is 4.57. The van der Waals surface area contributed by atoms with Crippen molar-refractivity contribution in [2.45, 2.75) is 26.1 Å². The van der Waals surface area contributed by atoms with E-state index >= 15 is 0 Å². The number of ketones is 1. The maximum atomic E-state index is 13.9. The van der Waals surface area contributed by atoms with Gasteiger partial charge in [0.1, 0.15) is 17.3 Å². The number of aromatic carboxylic acids is 1. The van der Waals surface area contributed by atoms with Crippen molar-refractivity contribution in [1.82, 2.24) is 25.4 Å². The van der Waals surface area contributed by atoms with Crippen LogP contribution in [0.2, 0.25) is 6.82 Å². The van der Waals surface area contributed by atoms with Gasteiger partial charge in [-0.25, -0.2) is 18.6 Å². The molecule has 3 aromatic rings. The highest BCUT2D eigenvalue weighted by Crippen LogP contribution is 2.23. The van der Waals surface area contributed by atoms with Gasteiger partial charge in [-0.15, -0.1) is 0 Å². The zero-order valence-corrected chi connectivity index (χ0v) is 16.6. The summed E-state index contributed by atoms with van der Waals surface area (Å²) in [7, 11) is -0.680. The molecule has 0 fully saturated rings. The van der Waals surface area contributed by atoms with Crippen molar-refractivity contribution in [2.24, 2.45) is 0 Å². The number of carboxylic acid groups (broad SMARTS) is 1. The Morgan fingerprint density at radius 2 is 1.97 bits per heavy atom. The molecular formula is C19H20BF2N5O4. The summed E-state index contributed by atoms with van der Waals surface area (Å²) in [5.41, 5.74) is 0.0919. The number of imidazole rings is 1. The van der Waals surface area contributed by atoms with Gasteiger partial charge < -0.3 is 20.3 Å². The van der Waals surface area contributed by atoms with Gasteiger partial charge in [-0.05, 0) is 38.3 Å². The molecule has 0 radical (unpaired) electrons. The summed E-state index contributed by atoms with van der Waals surface area (Å²) in [4.78, 5) is 31.0. The van der Waals surface area contributed by atoms with Crippen LogP contribution in [0.25, 0.3) is 11.5 Å². The van der Waals surface area contributed by atoms with Crippen LogP contribution in [-0.4, -0.2) is 55.6 Å². The highest BCUT2D eigenvalue weighted by molar-refractivity contribution is 6.45. The first-order valence-corrected chi connectivity index (χ1v) is 9.51. The lowest BCUT2D eigenvalue weighted by Crippen LogP contribution is -2.31. The first kappa shape index (κ1) is 22.3. The van der Waals surface area contributed by atoms with Crippen molar-refractivity contribution >= 4 is 18.8 Å². The molecule has 3 rings (SSSR count). The molecule has 0 aliphatic carbocycles. The lowest BCUT2D eigenvalue weighted by molar-refractivity contribution is 0.0689. The number of hydrogen-bond donors (Lipinski definition) is 5. The minimum absolute atomic E-state index is 0.144. The summed E-state index contributed by atoms with van der Waals surface area (Å²) >= 11 is 0. The highest BCUT2D eigenvalue weighted by atomic mass is 19.1. The predicted octanol–water partition coefficient (Wildman–Crippen LogP) is 1.83. The lowest BCUT2D eigenvalue weighted by atomic mass is 9.89. The predicted molar refractivity (Wildman–Crippen MR) is 108 cm³/mol. The monoisotopic (exact) mass is 431 g/mol. The Hall–Kier alpha value is -3.38. The second kappa shape index (κ2) is 9.62. The number of hydrogen-bond acceptors (Lipinski definition) is 6. The number of rotatable bonds is 10. The first-order valence-electron chi connectivity index (χ1n) is 9.51. The molecule has 0 aliphatic heterocycles. The number of aromatic amines is 2. The quantitative estimate of drug-likeness (QED) is 0.187. The SMILES string of the molecule is CB(O)NCCCc1[nH]c(-c2[nH]ncc2CC(=O)c2c(F)cccc2F)nc1C(=O)O. The summed E-state index contributed by atoms with van der Waals surface area (Å²) in [5.74, 6) is -3.80. The molecule has 0 saturated heterocycles. The third kappa shape index (κ3) is 5.22. The van der Waals surface area contributed by atoms with Gasteiger partial charge in [0, 0.05) is 12.0 Å². The number of aryl methyl sites for hydroxylation is 1. The van der Waals surface area contributed by atoms with Crippen LogP contribution in [0.15, 0.2) is 24.4 Å². The van der Waals surface area contributed by atoms with Gasteiger partial charge >= 0.3 is 13.0 Å². The molecular weight excluding hydrogens is 411 g/mol. The summed E-state index contributed by atoms with van der Waals surface area (Å²) in [6, 6.07) is 3.16. The number of aromatic nitrogens is 4. The standard InChI is InChI=1S/C19H20BF2N5O4/c1-20(31)23-7-3-6-13-17(19(29)30)26-18(25-13)16-10(9-24-27-16)8-14(28)15-11(21)4-2-5-12(15)22/h2,4-5,9,23,31H,3,6-8H2,1H3,(H,24,27)(H,25,26)(H,29,30). The number of nitrogens with one attached hydrogen (secondary N) is 3. The van der Waals surface area contributed by atoms with Gasteiger partial charge in [0.05, 0.1) is 17.5 Å². The van der Waals surface area contributed by atoms with Crippen molar-refractivity contribution in [3.05, 3.63) is 58.5 Å². The third-order valence-corrected chi connectivity index (χ3v) is 4.57. The zero-order valence-electron chi connectivity index (χ0n) is 16.6. The molecule has 31 heavy (non-hydrogen) atoms. The van der Waals surface area contributed by atoms with Crippen LogP contribution < -0.4 is 5.23 Å². The summed E-state index contributed by atoms with van der Waals surface area (Å²) in [6.07, 6.45) is 1.84. The summed E-state index contributed by atoms with van der Waals surface area (Å²) in [6.45, 7) is 2.04. The molecule has 0 bridgehead atoms. The van der Waals surface area contributed by atoms with Gasteiger partial charge in [0.15, 0.2) is 17.3 Å². The van der Waals surface area contributed by atoms with E-state index < -0.39 is 36.0 Å². The van der Waals surface area contributed by atoms with Gasteiger partial charge in [0.2, 0.25) is 0 Å². The molecule has 0 saturated carbocycles. The fraction of sp³-hybridized carbons (Fsp3) is 0.263. The Bertz CT molecular complexity index is 1080. The molecule has 0 amide bonds. The van der Waals surface area contributed by atoms with E-state index in [1.54, 1.807) is 6.82 Å². The minimum Gasteiger partial charge on any atom is -0.476 e. The maximum Gasteiger partial charge on any atom is 0.373 e. The number of benzene rings is 1. The number of Topliss-reactive ketones (excluding diaryl/α,β-unsaturated/α-hetero) is 1. The Morgan fingerprint density at radius 3 is 2.61 bits per heavy atom. The van der Waals surface area contributed by atoms with E-state index in [0.29, 0.717) is 30.6 Å². The number of H-pyrrole nitrogens is 2. The molecule has 5 N–H and O–H groups in total. The van der Waals surface area contributed by atoms with Gasteiger partial charge in [-0.3, -0.25) is 9.89 Å². The van der Waals surface area contributed by atoms with Crippen LogP contribution in [0.4, 0.5) is 8.78 Å². The van der Waals surface area contributed by atoms with Gasteiger partial charge in [-0.2, -0.15) is 5.10 Å². The second-order valence-electron chi connectivity index (χ2n) is 6.92. The van der Waals surface area contributed by atoms with Crippen LogP contribution >= 0.6 is 0 Å². The van der Waals surface area contributed by atoms with Crippen LogP contribution in [0.3, 0.4) is 0 Å². The number of carboxylic acids is 1. The maximum absolute atomic E-state index is 13.9. The first-order chi connectivity index (χ1) is 14.8. The molecule has 12 heteroatoms. The number of carbonyl (C=O) groups is 2. The summed E-state index contributed by atoms with van der Waals surface area (Å²) in [5, 5.41) is 28.0. The Balaban J connectivity index is 1.83. The molecule has 1 aromatic carbocycles. The fourth-order valence-electron chi connectivity index (χ4n) is 3.14. The van der Waals surface area contributed by atoms with Crippen molar-refractivity contribution in [2.75, 3.05) is 6.54 Å². The van der Waals surface area contributed by atoms with E-state index in [4.69, 9.17) is 0 Å². The second-order valence-corrected chi connectivity index (χ2v) is 6.92. The molecule has 9 nitrogen and oxygen atoms in total. The minimum atomic E-state index is -1.23. The van der Waals surface area contributed by atoms with E-state index in [9.17, 15) is 28.5 Å². The molecule has 0 atom stereocenters. The summed E-state index contributed by atoms with van der Waals surface area (Å²) < 4.78 is 27.8. The Kier molecular flexibility index (Phi) is 6.93. The average Bonchev–Trinajstić information content (AvgIpc) is 3.31. The van der Waals surface area contributed by atoms with E-state index in [1.165, 1.54) is 12.3 Å². The topological polar surface area (TPSA) is 144 Å². The normalized spacial score (nSPS) is 11.0. The van der Waals surface area contributed by atoms with E-state index in [-0.39, 0.29) is 23.6 Å². The molecule has 0 unspecified atom stereocenters. The Morgan fingerprint density at radius 1 is 1.26 bits per heavy atom. The van der Waals surface area contributed by atoms with Crippen molar-refractivity contribution in [3.8, 4) is 11.5 Å². The fourth-order valence-corrected chi connectivity index (χ4v) is 3.14. The van der Waals surface area contributed by atoms with Crippen molar-refractivity contribution in [3.63, 3.8) is 0 Å². The smallest absolute Gasteiger partial charge is 0.373 e. The zero-order chi connectivity index (χ0) is 22.5. The van der Waals surface area contributed by atoms with E-state index in [2.05, 4.69) is 25.4 Å². The molecule has 2 heterocycles. The number of carbonyl (C=O) groups excluding carboxylic acids is 1. The van der Waals surface area contributed by atoms with E-state index in [0.717, 1.165) is 12.1 Å². The Labute approximate surface area is 176 Å². The van der Waals surface area contributed by atoms with Crippen LogP contribution in [0, 0.1) is 11.6 Å². The molecule has 0 spiro atoms. The van der Waals surface area contributed by atoms with Crippen molar-refractivity contribution < 1.29 is 28.5 Å². The van der Waals surface area contributed by atoms with Crippen LogP contribution in [0.1, 0.15) is 38.5 Å². The van der Waals surface area contributed by atoms with Gasteiger partial charge in [0.25, 0.3) is 0 Å². The molecule has 162 valence electrons. The molecule has 0 aliphatic rings. The van der Waals surface area contributed by atoms with Crippen molar-refractivity contribution in [1.29, 1.82) is 0 Å². The number of halogens is 2. The van der Waals surface area contributed by atoms with Gasteiger partial charge in [-0.1, -0.05) is 6.07 Å².